The van der Waals surface area contributed by atoms with Crippen LogP contribution < -0.4 is 20.5 Å². The third-order valence-corrected chi connectivity index (χ3v) is 6.53. The van der Waals surface area contributed by atoms with Gasteiger partial charge in [0.2, 0.25) is 5.56 Å². The fourth-order valence-electron chi connectivity index (χ4n) is 4.76. The number of rotatable bonds is 5. The molecule has 36 heavy (non-hydrogen) atoms. The molecule has 2 aromatic heterocycles. The first kappa shape index (κ1) is 23.6. The molecular weight excluding hydrogens is 460 g/mol. The number of H-pyrrole nitrogens is 1. The molecule has 1 amide bonds. The van der Waals surface area contributed by atoms with E-state index in [9.17, 15) is 9.59 Å². The molecule has 0 aliphatic carbocycles. The Morgan fingerprint density at radius 2 is 1.89 bits per heavy atom. The lowest BCUT2D eigenvalue weighted by Gasteiger charge is -2.30. The minimum absolute atomic E-state index is 0.190. The monoisotopic (exact) mass is 488 g/mol. The molecule has 186 valence electrons. The molecule has 0 unspecified atom stereocenters. The Kier molecular flexibility index (Phi) is 6.24. The molecule has 9 heteroatoms. The lowest BCUT2D eigenvalue weighted by atomic mass is 9.99. The van der Waals surface area contributed by atoms with Gasteiger partial charge in [0, 0.05) is 41.9 Å². The predicted octanol–water partition coefficient (Wildman–Crippen LogP) is 4.21. The fraction of sp³-hybridized carbons (Fsp3) is 0.296. The number of hydrogen-bond donors (Lipinski definition) is 2. The van der Waals surface area contributed by atoms with Gasteiger partial charge in [-0.15, -0.1) is 0 Å². The number of carbonyl (C=O) groups excluding carboxylic acids is 1. The molecule has 0 spiro atoms. The highest BCUT2D eigenvalue weighted by molar-refractivity contribution is 6.10. The topological polar surface area (TPSA) is 110 Å². The number of ether oxygens (including phenoxy) is 2. The van der Waals surface area contributed by atoms with Crippen molar-refractivity contribution in [1.82, 2.24) is 10.1 Å². The number of amides is 1. The van der Waals surface area contributed by atoms with Gasteiger partial charge in [-0.05, 0) is 50.1 Å². The van der Waals surface area contributed by atoms with Crippen LogP contribution in [0.4, 0.5) is 11.4 Å². The van der Waals surface area contributed by atoms with Crippen LogP contribution in [-0.2, 0) is 4.74 Å². The Labute approximate surface area is 208 Å². The van der Waals surface area contributed by atoms with Gasteiger partial charge < -0.3 is 29.2 Å². The molecule has 4 aromatic rings. The van der Waals surface area contributed by atoms with Gasteiger partial charge in [0.15, 0.2) is 0 Å². The lowest BCUT2D eigenvalue weighted by Crippen LogP contribution is -2.37. The summed E-state index contributed by atoms with van der Waals surface area (Å²) < 4.78 is 16.4. The first-order valence-electron chi connectivity index (χ1n) is 11.8. The summed E-state index contributed by atoms with van der Waals surface area (Å²) in [5.74, 6) is 0.871. The summed E-state index contributed by atoms with van der Waals surface area (Å²) in [6, 6.07) is 10.9. The van der Waals surface area contributed by atoms with Crippen LogP contribution in [0.2, 0.25) is 0 Å². The highest BCUT2D eigenvalue weighted by Gasteiger charge is 2.23. The molecule has 2 N–H and O–H groups in total. The summed E-state index contributed by atoms with van der Waals surface area (Å²) in [5.41, 5.74) is 5.62. The van der Waals surface area contributed by atoms with Crippen molar-refractivity contribution in [2.24, 2.45) is 0 Å². The van der Waals surface area contributed by atoms with Crippen molar-refractivity contribution in [3.05, 3.63) is 69.3 Å². The first-order valence-corrected chi connectivity index (χ1v) is 11.8. The van der Waals surface area contributed by atoms with Gasteiger partial charge >= 0.3 is 0 Å². The number of hydrogen-bond acceptors (Lipinski definition) is 7. The van der Waals surface area contributed by atoms with E-state index in [0.29, 0.717) is 54.6 Å². The fourth-order valence-corrected chi connectivity index (χ4v) is 4.76. The van der Waals surface area contributed by atoms with Crippen LogP contribution in [0.1, 0.15) is 27.4 Å². The van der Waals surface area contributed by atoms with Crippen molar-refractivity contribution in [3.63, 3.8) is 0 Å². The number of nitrogens with zero attached hydrogens (tertiary/aromatic N) is 2. The summed E-state index contributed by atoms with van der Waals surface area (Å²) in [5, 5.41) is 7.93. The number of benzene rings is 2. The molecule has 0 saturated carbocycles. The predicted molar refractivity (Wildman–Crippen MR) is 138 cm³/mol. The second kappa shape index (κ2) is 9.50. The number of aromatic nitrogens is 2. The number of fused-ring (bicyclic) bond motifs is 1. The van der Waals surface area contributed by atoms with Crippen LogP contribution in [0.3, 0.4) is 0 Å². The minimum atomic E-state index is -0.273. The van der Waals surface area contributed by atoms with Crippen molar-refractivity contribution in [3.8, 4) is 16.9 Å². The molecule has 0 radical (unpaired) electrons. The summed E-state index contributed by atoms with van der Waals surface area (Å²) >= 11 is 0. The molecule has 1 fully saturated rings. The Balaban J connectivity index is 1.59. The largest absolute Gasteiger partial charge is 0.494 e. The van der Waals surface area contributed by atoms with Crippen molar-refractivity contribution >= 4 is 28.2 Å². The number of morpholine rings is 1. The van der Waals surface area contributed by atoms with E-state index >= 15 is 0 Å². The van der Waals surface area contributed by atoms with Gasteiger partial charge in [-0.3, -0.25) is 9.59 Å². The third-order valence-electron chi connectivity index (χ3n) is 6.53. The van der Waals surface area contributed by atoms with Gasteiger partial charge in [-0.1, -0.05) is 11.2 Å². The van der Waals surface area contributed by atoms with Crippen LogP contribution in [0.5, 0.6) is 5.75 Å². The SMILES string of the molecule is COc1cc2[nH]c(=O)cc(C)c2cc1NC(=O)c1cc(-c2c(C)noc2C)ccc1N1CCOCC1. The molecule has 9 nitrogen and oxygen atoms in total. The van der Waals surface area contributed by atoms with E-state index in [1.54, 1.807) is 6.07 Å². The van der Waals surface area contributed by atoms with Crippen LogP contribution in [0.25, 0.3) is 22.0 Å². The number of aromatic amines is 1. The highest BCUT2D eigenvalue weighted by atomic mass is 16.5. The average molecular weight is 489 g/mol. The minimum Gasteiger partial charge on any atom is -0.494 e. The first-order chi connectivity index (χ1) is 17.4. The van der Waals surface area contributed by atoms with E-state index in [4.69, 9.17) is 14.0 Å². The third kappa shape index (κ3) is 4.33. The number of methoxy groups -OCH3 is 1. The zero-order chi connectivity index (χ0) is 25.4. The molecular formula is C27H28N4O5. The van der Waals surface area contributed by atoms with E-state index < -0.39 is 0 Å². The zero-order valence-corrected chi connectivity index (χ0v) is 20.7. The Bertz CT molecular complexity index is 1500. The average Bonchev–Trinajstić information content (AvgIpc) is 3.21. The van der Waals surface area contributed by atoms with Gasteiger partial charge in [0.1, 0.15) is 11.5 Å². The number of nitrogens with one attached hydrogen (secondary N) is 2. The Hall–Kier alpha value is -4.11. The van der Waals surface area contributed by atoms with Gasteiger partial charge in [0.05, 0.1) is 42.8 Å². The maximum atomic E-state index is 13.8. The van der Waals surface area contributed by atoms with Crippen LogP contribution in [-0.4, -0.2) is 49.5 Å². The number of aryl methyl sites for hydroxylation is 3. The molecule has 0 atom stereocenters. The Morgan fingerprint density at radius 1 is 1.11 bits per heavy atom. The maximum absolute atomic E-state index is 13.8. The van der Waals surface area contributed by atoms with Crippen molar-refractivity contribution in [2.75, 3.05) is 43.6 Å². The summed E-state index contributed by atoms with van der Waals surface area (Å²) in [7, 11) is 1.53. The van der Waals surface area contributed by atoms with Gasteiger partial charge in [0.25, 0.3) is 5.91 Å². The lowest BCUT2D eigenvalue weighted by molar-refractivity contribution is 0.102. The molecule has 0 bridgehead atoms. The molecule has 1 aliphatic heterocycles. The summed E-state index contributed by atoms with van der Waals surface area (Å²) in [4.78, 5) is 30.7. The van der Waals surface area contributed by atoms with E-state index in [2.05, 4.69) is 20.4 Å². The summed E-state index contributed by atoms with van der Waals surface area (Å²) in [6.45, 7) is 8.18. The smallest absolute Gasteiger partial charge is 0.257 e. The van der Waals surface area contributed by atoms with Gasteiger partial charge in [-0.2, -0.15) is 0 Å². The molecule has 5 rings (SSSR count). The zero-order valence-electron chi connectivity index (χ0n) is 20.7. The quantitative estimate of drug-likeness (QED) is 0.433. The van der Waals surface area contributed by atoms with E-state index in [0.717, 1.165) is 33.5 Å². The van der Waals surface area contributed by atoms with Crippen molar-refractivity contribution in [1.29, 1.82) is 0 Å². The molecule has 1 saturated heterocycles. The maximum Gasteiger partial charge on any atom is 0.257 e. The van der Waals surface area contributed by atoms with E-state index in [1.165, 1.54) is 13.2 Å². The van der Waals surface area contributed by atoms with Crippen molar-refractivity contribution in [2.45, 2.75) is 20.8 Å². The molecule has 3 heterocycles. The number of carbonyl (C=O) groups is 1. The van der Waals surface area contributed by atoms with Crippen LogP contribution in [0.15, 0.2) is 45.7 Å². The van der Waals surface area contributed by atoms with E-state index in [1.807, 2.05) is 45.0 Å². The standard InChI is InChI=1S/C27H28N4O5/c1-15-11-25(32)28-21-14-24(34-4)22(13-19(15)21)29-27(33)20-12-18(26-16(2)30-36-17(26)3)5-6-23(20)31-7-9-35-10-8-31/h5-6,11-14H,7-10H2,1-4H3,(H,28,32)(H,29,33). The highest BCUT2D eigenvalue weighted by Crippen LogP contribution is 2.34. The molecule has 1 aliphatic rings. The number of pyridine rings is 1. The molecule has 2 aromatic carbocycles. The van der Waals surface area contributed by atoms with Crippen LogP contribution >= 0.6 is 0 Å². The van der Waals surface area contributed by atoms with Crippen LogP contribution in [0, 0.1) is 20.8 Å². The second-order valence-corrected chi connectivity index (χ2v) is 8.90. The van der Waals surface area contributed by atoms with Gasteiger partial charge in [-0.25, -0.2) is 0 Å². The second-order valence-electron chi connectivity index (χ2n) is 8.90. The normalized spacial score (nSPS) is 13.7. The van der Waals surface area contributed by atoms with Crippen molar-refractivity contribution < 1.29 is 18.8 Å². The number of anilines is 2. The van der Waals surface area contributed by atoms with E-state index in [-0.39, 0.29) is 11.5 Å². The summed E-state index contributed by atoms with van der Waals surface area (Å²) in [6.07, 6.45) is 0. The Morgan fingerprint density at radius 3 is 2.58 bits per heavy atom.